The molecule has 0 amide bonds. The summed E-state index contributed by atoms with van der Waals surface area (Å²) in [6.45, 7) is 0. The zero-order valence-electron chi connectivity index (χ0n) is 7.48. The Morgan fingerprint density at radius 1 is 1.33 bits per heavy atom. The quantitative estimate of drug-likeness (QED) is 0.690. The number of benzene rings is 1. The summed E-state index contributed by atoms with van der Waals surface area (Å²) in [6, 6.07) is 3.71. The Kier molecular flexibility index (Phi) is 4.22. The molecule has 1 rings (SSSR count). The predicted molar refractivity (Wildman–Crippen MR) is 59.3 cm³/mol. The summed E-state index contributed by atoms with van der Waals surface area (Å²) < 4.78 is 37.7. The lowest BCUT2D eigenvalue weighted by atomic mass is 10.1. The lowest BCUT2D eigenvalue weighted by molar-refractivity contribution is -0.137. The molecule has 0 saturated carbocycles. The molecule has 0 aliphatic rings. The van der Waals surface area contributed by atoms with Crippen LogP contribution in [0.1, 0.15) is 11.1 Å². The lowest BCUT2D eigenvalue weighted by Crippen LogP contribution is -2.07. The SMILES string of the molecule is FC(F)(F)c1cc(Cl)ccc1C=CCBr. The number of allylic oxidation sites excluding steroid dienone is 1. The van der Waals surface area contributed by atoms with E-state index in [-0.39, 0.29) is 10.6 Å². The second-order valence-electron chi connectivity index (χ2n) is 2.79. The van der Waals surface area contributed by atoms with Crippen LogP contribution in [0.15, 0.2) is 24.3 Å². The summed E-state index contributed by atoms with van der Waals surface area (Å²) in [5.41, 5.74) is -0.599. The topological polar surface area (TPSA) is 0 Å². The molecule has 0 N–H and O–H groups in total. The molecule has 0 bridgehead atoms. The third-order valence-electron chi connectivity index (χ3n) is 1.71. The maximum absolute atomic E-state index is 12.6. The first-order valence-electron chi connectivity index (χ1n) is 4.04. The first-order chi connectivity index (χ1) is 6.95. The van der Waals surface area contributed by atoms with Gasteiger partial charge < -0.3 is 0 Å². The van der Waals surface area contributed by atoms with Crippen LogP contribution < -0.4 is 0 Å². The Morgan fingerprint density at radius 3 is 2.53 bits per heavy atom. The van der Waals surface area contributed by atoms with Gasteiger partial charge in [-0.05, 0) is 17.7 Å². The average molecular weight is 300 g/mol. The molecule has 0 aliphatic carbocycles. The van der Waals surface area contributed by atoms with Crippen LogP contribution in [-0.4, -0.2) is 5.33 Å². The zero-order valence-corrected chi connectivity index (χ0v) is 9.83. The van der Waals surface area contributed by atoms with Gasteiger partial charge in [0.2, 0.25) is 0 Å². The number of hydrogen-bond donors (Lipinski definition) is 0. The Labute approximate surface area is 98.9 Å². The van der Waals surface area contributed by atoms with Crippen molar-refractivity contribution >= 4 is 33.6 Å². The summed E-state index contributed by atoms with van der Waals surface area (Å²) in [6.07, 6.45) is -1.37. The fourth-order valence-electron chi connectivity index (χ4n) is 1.09. The molecule has 1 aromatic rings. The highest BCUT2D eigenvalue weighted by molar-refractivity contribution is 9.09. The maximum atomic E-state index is 12.6. The van der Waals surface area contributed by atoms with Crippen LogP contribution in [0.25, 0.3) is 6.08 Å². The highest BCUT2D eigenvalue weighted by Gasteiger charge is 2.32. The Bertz CT molecular complexity index is 371. The molecule has 0 radical (unpaired) electrons. The Hall–Kier alpha value is -0.480. The molecular weight excluding hydrogens is 292 g/mol. The molecule has 0 atom stereocenters. The van der Waals surface area contributed by atoms with E-state index in [1.54, 1.807) is 6.08 Å². The fourth-order valence-corrected chi connectivity index (χ4v) is 1.45. The van der Waals surface area contributed by atoms with Crippen molar-refractivity contribution in [3.05, 3.63) is 40.4 Å². The minimum atomic E-state index is -4.38. The zero-order chi connectivity index (χ0) is 11.5. The van der Waals surface area contributed by atoms with Gasteiger partial charge in [-0.1, -0.05) is 45.7 Å². The van der Waals surface area contributed by atoms with Gasteiger partial charge in [-0.2, -0.15) is 13.2 Å². The van der Waals surface area contributed by atoms with Crippen molar-refractivity contribution in [3.63, 3.8) is 0 Å². The molecule has 0 saturated heterocycles. The molecule has 0 fully saturated rings. The molecule has 82 valence electrons. The van der Waals surface area contributed by atoms with E-state index in [1.165, 1.54) is 18.2 Å². The van der Waals surface area contributed by atoms with Gasteiger partial charge in [0.15, 0.2) is 0 Å². The molecule has 0 unspecified atom stereocenters. The average Bonchev–Trinajstić information content (AvgIpc) is 2.14. The minimum Gasteiger partial charge on any atom is -0.166 e. The Morgan fingerprint density at radius 2 is 2.00 bits per heavy atom. The van der Waals surface area contributed by atoms with Crippen molar-refractivity contribution < 1.29 is 13.2 Å². The van der Waals surface area contributed by atoms with Crippen molar-refractivity contribution in [2.45, 2.75) is 6.18 Å². The van der Waals surface area contributed by atoms with Crippen LogP contribution in [0.3, 0.4) is 0 Å². The molecule has 0 nitrogen and oxygen atoms in total. The van der Waals surface area contributed by atoms with Gasteiger partial charge in [0.05, 0.1) is 5.56 Å². The van der Waals surface area contributed by atoms with Gasteiger partial charge in [-0.15, -0.1) is 0 Å². The molecule has 0 heterocycles. The molecule has 15 heavy (non-hydrogen) atoms. The van der Waals surface area contributed by atoms with E-state index < -0.39 is 11.7 Å². The van der Waals surface area contributed by atoms with Crippen molar-refractivity contribution in [1.29, 1.82) is 0 Å². The van der Waals surface area contributed by atoms with E-state index >= 15 is 0 Å². The van der Waals surface area contributed by atoms with E-state index in [9.17, 15) is 13.2 Å². The van der Waals surface area contributed by atoms with Crippen molar-refractivity contribution in [2.75, 3.05) is 5.33 Å². The third kappa shape index (κ3) is 3.54. The summed E-state index contributed by atoms with van der Waals surface area (Å²) in [5.74, 6) is 0. The van der Waals surface area contributed by atoms with Gasteiger partial charge in [-0.3, -0.25) is 0 Å². The summed E-state index contributed by atoms with van der Waals surface area (Å²) in [7, 11) is 0. The molecule has 0 aromatic heterocycles. The van der Waals surface area contributed by atoms with E-state index in [2.05, 4.69) is 15.9 Å². The molecule has 0 spiro atoms. The third-order valence-corrected chi connectivity index (χ3v) is 2.32. The second-order valence-corrected chi connectivity index (χ2v) is 3.87. The summed E-state index contributed by atoms with van der Waals surface area (Å²) in [4.78, 5) is 0. The van der Waals surface area contributed by atoms with Crippen LogP contribution in [0.5, 0.6) is 0 Å². The number of rotatable bonds is 2. The van der Waals surface area contributed by atoms with Crippen molar-refractivity contribution in [3.8, 4) is 0 Å². The normalized spacial score (nSPS) is 12.3. The molecular formula is C10H7BrClF3. The molecule has 0 aliphatic heterocycles. The summed E-state index contributed by atoms with van der Waals surface area (Å²) >= 11 is 8.63. The highest BCUT2D eigenvalue weighted by Crippen LogP contribution is 2.34. The standard InChI is InChI=1S/C10H7BrClF3/c11-5-1-2-7-3-4-8(12)6-9(7)10(13,14)15/h1-4,6H,5H2. The monoisotopic (exact) mass is 298 g/mol. The van der Waals surface area contributed by atoms with Gasteiger partial charge in [-0.25, -0.2) is 0 Å². The minimum absolute atomic E-state index is 0.0818. The number of alkyl halides is 4. The van der Waals surface area contributed by atoms with Crippen LogP contribution in [0, 0.1) is 0 Å². The molecule has 5 heteroatoms. The first kappa shape index (κ1) is 12.6. The largest absolute Gasteiger partial charge is 0.417 e. The highest BCUT2D eigenvalue weighted by atomic mass is 79.9. The van der Waals surface area contributed by atoms with Crippen molar-refractivity contribution in [2.24, 2.45) is 0 Å². The number of halogens is 5. The van der Waals surface area contributed by atoms with Crippen LogP contribution in [0.2, 0.25) is 5.02 Å². The van der Waals surface area contributed by atoms with Gasteiger partial charge in [0, 0.05) is 10.4 Å². The van der Waals surface area contributed by atoms with Gasteiger partial charge in [0.1, 0.15) is 0 Å². The van der Waals surface area contributed by atoms with Gasteiger partial charge in [0.25, 0.3) is 0 Å². The fraction of sp³-hybridized carbons (Fsp3) is 0.200. The Balaban J connectivity index is 3.21. The van der Waals surface area contributed by atoms with E-state index in [4.69, 9.17) is 11.6 Å². The smallest absolute Gasteiger partial charge is 0.166 e. The molecule has 1 aromatic carbocycles. The van der Waals surface area contributed by atoms with Crippen molar-refractivity contribution in [1.82, 2.24) is 0 Å². The van der Waals surface area contributed by atoms with E-state index in [0.29, 0.717) is 5.33 Å². The lowest BCUT2D eigenvalue weighted by Gasteiger charge is -2.10. The summed E-state index contributed by atoms with van der Waals surface area (Å²) in [5, 5.41) is 0.589. The van der Waals surface area contributed by atoms with Crippen LogP contribution in [-0.2, 0) is 6.18 Å². The van der Waals surface area contributed by atoms with Crippen LogP contribution >= 0.6 is 27.5 Å². The predicted octanol–water partition coefficient (Wildman–Crippen LogP) is 4.77. The van der Waals surface area contributed by atoms with Crippen LogP contribution in [0.4, 0.5) is 13.2 Å². The number of hydrogen-bond acceptors (Lipinski definition) is 0. The van der Waals surface area contributed by atoms with E-state index in [1.807, 2.05) is 0 Å². The van der Waals surface area contributed by atoms with Gasteiger partial charge >= 0.3 is 6.18 Å². The maximum Gasteiger partial charge on any atom is 0.417 e. The van der Waals surface area contributed by atoms with E-state index in [0.717, 1.165) is 6.07 Å². The first-order valence-corrected chi connectivity index (χ1v) is 5.54. The second kappa shape index (κ2) is 5.03.